The Kier molecular flexibility index (Phi) is 6.52. The van der Waals surface area contributed by atoms with Crippen LogP contribution in [0.3, 0.4) is 0 Å². The lowest BCUT2D eigenvalue weighted by Gasteiger charge is -2.24. The maximum Gasteiger partial charge on any atom is 0.433 e. The van der Waals surface area contributed by atoms with Crippen LogP contribution in [0.4, 0.5) is 23.4 Å². The lowest BCUT2D eigenvalue weighted by atomic mass is 10.1. The monoisotopic (exact) mass is 495 g/mol. The van der Waals surface area contributed by atoms with Gasteiger partial charge in [0.15, 0.2) is 21.5 Å². The first-order valence-corrected chi connectivity index (χ1v) is 12.3. The Morgan fingerprint density at radius 3 is 2.32 bits per heavy atom. The lowest BCUT2D eigenvalue weighted by molar-refractivity contribution is -0.141. The minimum Gasteiger partial charge on any atom is -0.347 e. The first-order valence-electron chi connectivity index (χ1n) is 10.5. The van der Waals surface area contributed by atoms with Gasteiger partial charge in [0.2, 0.25) is 0 Å². The largest absolute Gasteiger partial charge is 0.433 e. The Morgan fingerprint density at radius 1 is 1.00 bits per heavy atom. The first-order chi connectivity index (χ1) is 16.0. The smallest absolute Gasteiger partial charge is 0.347 e. The highest BCUT2D eigenvalue weighted by Gasteiger charge is 2.34. The van der Waals surface area contributed by atoms with Crippen molar-refractivity contribution in [2.45, 2.75) is 49.3 Å². The van der Waals surface area contributed by atoms with Crippen molar-refractivity contribution in [3.63, 3.8) is 0 Å². The first kappa shape index (κ1) is 24.0. The van der Waals surface area contributed by atoms with Crippen molar-refractivity contribution < 1.29 is 26.0 Å². The lowest BCUT2D eigenvalue weighted by Crippen LogP contribution is -2.28. The second-order valence-electron chi connectivity index (χ2n) is 8.12. The summed E-state index contributed by atoms with van der Waals surface area (Å²) < 4.78 is 76.8. The molecule has 0 N–H and O–H groups in total. The molecule has 0 saturated heterocycles. The van der Waals surface area contributed by atoms with Gasteiger partial charge in [-0.2, -0.15) is 13.2 Å². The zero-order chi connectivity index (χ0) is 24.5. The van der Waals surface area contributed by atoms with Gasteiger partial charge < -0.3 is 4.90 Å². The second-order valence-corrected chi connectivity index (χ2v) is 10.1. The summed E-state index contributed by atoms with van der Waals surface area (Å²) in [7, 11) is -3.36. The molecule has 1 aliphatic rings. The zero-order valence-electron chi connectivity index (χ0n) is 18.1. The van der Waals surface area contributed by atoms with E-state index in [4.69, 9.17) is 0 Å². The Labute approximate surface area is 193 Å². The van der Waals surface area contributed by atoms with E-state index in [-0.39, 0.29) is 35.4 Å². The third-order valence-electron chi connectivity index (χ3n) is 5.41. The number of alkyl halides is 3. The topological polar surface area (TPSA) is 88.9 Å². The molecule has 180 valence electrons. The average Bonchev–Trinajstić information content (AvgIpc) is 3.62. The molecule has 3 aromatic rings. The van der Waals surface area contributed by atoms with E-state index in [9.17, 15) is 21.6 Å². The highest BCUT2D eigenvalue weighted by atomic mass is 32.2. The molecular weight excluding hydrogens is 474 g/mol. The Bertz CT molecular complexity index is 1260. The predicted molar refractivity (Wildman–Crippen MR) is 115 cm³/mol. The van der Waals surface area contributed by atoms with Gasteiger partial charge in [0.25, 0.3) is 0 Å². The van der Waals surface area contributed by atoms with Crippen molar-refractivity contribution in [3.8, 4) is 0 Å². The molecule has 3 aromatic heterocycles. The van der Waals surface area contributed by atoms with Gasteiger partial charge in [0.05, 0.1) is 10.6 Å². The summed E-state index contributed by atoms with van der Waals surface area (Å²) in [4.78, 5) is 17.6. The van der Waals surface area contributed by atoms with E-state index in [2.05, 4.69) is 19.9 Å². The molecule has 1 fully saturated rings. The second kappa shape index (κ2) is 9.24. The van der Waals surface area contributed by atoms with Crippen molar-refractivity contribution in [2.24, 2.45) is 0 Å². The fourth-order valence-electron chi connectivity index (χ4n) is 3.44. The molecule has 0 atom stereocenters. The van der Waals surface area contributed by atoms with Crippen molar-refractivity contribution in [2.75, 3.05) is 11.2 Å². The Balaban J connectivity index is 1.50. The van der Waals surface area contributed by atoms with E-state index in [1.165, 1.54) is 24.7 Å². The molecule has 12 heteroatoms. The molecule has 3 heterocycles. The molecular formula is C22H21F4N5O2S. The molecule has 1 saturated carbocycles. The summed E-state index contributed by atoms with van der Waals surface area (Å²) in [6.07, 6.45) is 2.43. The summed E-state index contributed by atoms with van der Waals surface area (Å²) in [6, 6.07) is 5.29. The van der Waals surface area contributed by atoms with Gasteiger partial charge in [0.1, 0.15) is 12.0 Å². The fraction of sp³-hybridized carbons (Fsp3) is 0.364. The van der Waals surface area contributed by atoms with E-state index < -0.39 is 27.5 Å². The summed E-state index contributed by atoms with van der Waals surface area (Å²) in [5.74, 6) is -0.505. The number of hydrogen-bond acceptors (Lipinski definition) is 7. The van der Waals surface area contributed by atoms with Gasteiger partial charge in [-0.3, -0.25) is 9.97 Å². The fourth-order valence-corrected chi connectivity index (χ4v) is 4.00. The summed E-state index contributed by atoms with van der Waals surface area (Å²) >= 11 is 0. The third-order valence-corrected chi connectivity index (χ3v) is 6.51. The maximum atomic E-state index is 15.3. The molecule has 0 aliphatic heterocycles. The Morgan fingerprint density at radius 2 is 1.76 bits per heavy atom. The van der Waals surface area contributed by atoms with E-state index in [0.29, 0.717) is 17.7 Å². The zero-order valence-corrected chi connectivity index (χ0v) is 18.9. The van der Waals surface area contributed by atoms with Crippen LogP contribution in [0, 0.1) is 5.82 Å². The van der Waals surface area contributed by atoms with Crippen molar-refractivity contribution in [1.82, 2.24) is 19.9 Å². The van der Waals surface area contributed by atoms with Crippen LogP contribution in [0.2, 0.25) is 0 Å². The van der Waals surface area contributed by atoms with Crippen LogP contribution in [0.15, 0.2) is 47.9 Å². The normalized spacial score (nSPS) is 14.3. The number of sulfone groups is 1. The van der Waals surface area contributed by atoms with Crippen LogP contribution in [0.1, 0.15) is 35.5 Å². The highest BCUT2D eigenvalue weighted by Crippen LogP contribution is 2.34. The predicted octanol–water partition coefficient (Wildman–Crippen LogP) is 3.78. The van der Waals surface area contributed by atoms with Crippen LogP contribution in [0.5, 0.6) is 0 Å². The minimum atomic E-state index is -4.53. The van der Waals surface area contributed by atoms with Gasteiger partial charge in [-0.1, -0.05) is 6.07 Å². The van der Waals surface area contributed by atoms with Gasteiger partial charge in [0, 0.05) is 36.9 Å². The number of hydrogen-bond donors (Lipinski definition) is 0. The van der Waals surface area contributed by atoms with Crippen LogP contribution < -0.4 is 4.90 Å². The van der Waals surface area contributed by atoms with Crippen LogP contribution in [-0.2, 0) is 35.4 Å². The van der Waals surface area contributed by atoms with Gasteiger partial charge >= 0.3 is 6.18 Å². The number of pyridine rings is 2. The van der Waals surface area contributed by atoms with E-state index in [1.807, 2.05) is 0 Å². The summed E-state index contributed by atoms with van der Waals surface area (Å²) in [6.45, 7) is 0.164. The molecule has 0 bridgehead atoms. The molecule has 0 spiro atoms. The SMILES string of the molecule is CS(=O)(=O)c1ccc(CCc2ncnc(N(Cc3ccc(C(F)(F)F)nc3)C3CC3)c2F)nc1. The minimum absolute atomic E-state index is 0.0322. The summed E-state index contributed by atoms with van der Waals surface area (Å²) in [5, 5.41) is 0. The van der Waals surface area contributed by atoms with Crippen LogP contribution >= 0.6 is 0 Å². The molecule has 0 radical (unpaired) electrons. The van der Waals surface area contributed by atoms with Crippen molar-refractivity contribution in [3.05, 3.63) is 71.4 Å². The maximum absolute atomic E-state index is 15.3. The van der Waals surface area contributed by atoms with Crippen LogP contribution in [-0.4, -0.2) is 40.7 Å². The van der Waals surface area contributed by atoms with Crippen LogP contribution in [0.25, 0.3) is 0 Å². The van der Waals surface area contributed by atoms with E-state index in [0.717, 1.165) is 31.4 Å². The van der Waals surface area contributed by atoms with E-state index >= 15 is 4.39 Å². The molecule has 0 aromatic carbocycles. The third kappa shape index (κ3) is 5.66. The van der Waals surface area contributed by atoms with Gasteiger partial charge in [-0.15, -0.1) is 0 Å². The molecule has 1 aliphatic carbocycles. The number of anilines is 1. The van der Waals surface area contributed by atoms with Crippen molar-refractivity contribution in [1.29, 1.82) is 0 Å². The number of aromatic nitrogens is 4. The van der Waals surface area contributed by atoms with Gasteiger partial charge in [-0.25, -0.2) is 22.8 Å². The molecule has 0 amide bonds. The average molecular weight is 496 g/mol. The number of nitrogens with zero attached hydrogens (tertiary/aromatic N) is 5. The number of halogens is 4. The molecule has 0 unspecified atom stereocenters. The Hall–Kier alpha value is -3.15. The molecule has 7 nitrogen and oxygen atoms in total. The van der Waals surface area contributed by atoms with Gasteiger partial charge in [-0.05, 0) is 49.4 Å². The number of rotatable bonds is 8. The quantitative estimate of drug-likeness (QED) is 0.440. The molecule has 4 rings (SSSR count). The molecule has 34 heavy (non-hydrogen) atoms. The van der Waals surface area contributed by atoms with E-state index in [1.54, 1.807) is 11.0 Å². The van der Waals surface area contributed by atoms with Crippen molar-refractivity contribution >= 4 is 15.7 Å². The standard InChI is InChI=1S/C22H21F4N5O2S/c1-34(32,33)17-7-3-15(27-11-17)4-8-18-20(23)21(30-13-29-18)31(16-5-6-16)12-14-2-9-19(28-10-14)22(24,25)26/h2-3,7,9-11,13,16H,4-6,8,12H2,1H3. The summed E-state index contributed by atoms with van der Waals surface area (Å²) in [5.41, 5.74) is 0.287. The highest BCUT2D eigenvalue weighted by molar-refractivity contribution is 7.90. The number of aryl methyl sites for hydroxylation is 2.